The number of pyridine rings is 1. The van der Waals surface area contributed by atoms with Crippen molar-refractivity contribution in [1.29, 1.82) is 10.5 Å². The second-order valence-electron chi connectivity index (χ2n) is 10.8. The highest BCUT2D eigenvalue weighted by molar-refractivity contribution is 6.35. The molecule has 0 spiro atoms. The summed E-state index contributed by atoms with van der Waals surface area (Å²) >= 11 is 6.71. The number of hydrogen-bond acceptors (Lipinski definition) is 7. The molecule has 0 fully saturated rings. The first-order valence-electron chi connectivity index (χ1n) is 12.6. The maximum Gasteiger partial charge on any atom is 0.112 e. The van der Waals surface area contributed by atoms with Crippen molar-refractivity contribution in [2.45, 2.75) is 46.7 Å². The summed E-state index contributed by atoms with van der Waals surface area (Å²) in [5.74, 6) is 0. The van der Waals surface area contributed by atoms with Gasteiger partial charge in [0.25, 0.3) is 0 Å². The van der Waals surface area contributed by atoms with E-state index < -0.39 is 18.8 Å². The standard InChI is InChI=1S/C29H30ClFN8/c1-17(11-31)39-15-25(37-38-39)28(22-8-6-7-19(12-32)18(22)2)36-21-9-23-26(35-16-29(3,4)5)20(13-33)14-34-27(23)24(30)10-21/h6-10,14-15,17,28,36H,11,16H2,1-5H3,(H,34,35). The Labute approximate surface area is 232 Å². The van der Waals surface area contributed by atoms with E-state index in [1.54, 1.807) is 25.3 Å². The summed E-state index contributed by atoms with van der Waals surface area (Å²) in [5, 5.41) is 35.9. The molecule has 2 heterocycles. The lowest BCUT2D eigenvalue weighted by Crippen LogP contribution is -2.20. The van der Waals surface area contributed by atoms with Crippen LogP contribution in [-0.4, -0.2) is 33.2 Å². The number of hydrogen-bond donors (Lipinski definition) is 2. The van der Waals surface area contributed by atoms with E-state index in [2.05, 4.69) is 58.8 Å². The molecule has 0 radical (unpaired) electrons. The molecule has 200 valence electrons. The van der Waals surface area contributed by atoms with Crippen LogP contribution in [0.25, 0.3) is 10.9 Å². The fraction of sp³-hybridized carbons (Fsp3) is 0.345. The summed E-state index contributed by atoms with van der Waals surface area (Å²) < 4.78 is 14.8. The number of anilines is 2. The predicted octanol–water partition coefficient (Wildman–Crippen LogP) is 6.72. The molecule has 0 amide bonds. The van der Waals surface area contributed by atoms with Gasteiger partial charge in [-0.1, -0.05) is 49.7 Å². The maximum absolute atomic E-state index is 13.4. The van der Waals surface area contributed by atoms with Crippen molar-refractivity contribution in [2.24, 2.45) is 5.41 Å². The Kier molecular flexibility index (Phi) is 8.03. The van der Waals surface area contributed by atoms with Gasteiger partial charge in [-0.3, -0.25) is 4.98 Å². The molecule has 2 aromatic heterocycles. The van der Waals surface area contributed by atoms with Gasteiger partial charge < -0.3 is 10.6 Å². The molecule has 2 N–H and O–H groups in total. The fourth-order valence-corrected chi connectivity index (χ4v) is 4.51. The number of alkyl halides is 1. The number of rotatable bonds is 8. The van der Waals surface area contributed by atoms with Gasteiger partial charge in [-0.15, -0.1) is 5.10 Å². The number of halogens is 2. The number of fused-ring (bicyclic) bond motifs is 1. The van der Waals surface area contributed by atoms with Gasteiger partial charge in [0.05, 0.1) is 51.7 Å². The first kappa shape index (κ1) is 27.8. The Morgan fingerprint density at radius 3 is 2.56 bits per heavy atom. The van der Waals surface area contributed by atoms with Gasteiger partial charge in [0.2, 0.25) is 0 Å². The van der Waals surface area contributed by atoms with E-state index in [4.69, 9.17) is 11.6 Å². The zero-order chi connectivity index (χ0) is 28.3. The highest BCUT2D eigenvalue weighted by atomic mass is 35.5. The average molecular weight is 545 g/mol. The molecule has 0 aliphatic rings. The third kappa shape index (κ3) is 5.94. The summed E-state index contributed by atoms with van der Waals surface area (Å²) in [6.07, 6.45) is 3.23. The number of nitrogens with zero attached hydrogens (tertiary/aromatic N) is 6. The van der Waals surface area contributed by atoms with Gasteiger partial charge in [0.15, 0.2) is 0 Å². The largest absolute Gasteiger partial charge is 0.383 e. The molecule has 0 aliphatic heterocycles. The van der Waals surface area contributed by atoms with Gasteiger partial charge in [-0.2, -0.15) is 10.5 Å². The molecule has 0 saturated heterocycles. The van der Waals surface area contributed by atoms with E-state index in [9.17, 15) is 14.9 Å². The number of nitrogens with one attached hydrogen (secondary N) is 2. The summed E-state index contributed by atoms with van der Waals surface area (Å²) in [6.45, 7) is 9.97. The molecule has 0 aliphatic carbocycles. The van der Waals surface area contributed by atoms with Crippen LogP contribution < -0.4 is 10.6 Å². The van der Waals surface area contributed by atoms with Crippen molar-refractivity contribution >= 4 is 33.9 Å². The van der Waals surface area contributed by atoms with E-state index in [-0.39, 0.29) is 5.41 Å². The topological polar surface area (TPSA) is 115 Å². The minimum Gasteiger partial charge on any atom is -0.383 e. The lowest BCUT2D eigenvalue weighted by atomic mass is 9.95. The molecule has 0 bridgehead atoms. The third-order valence-corrected chi connectivity index (χ3v) is 6.75. The van der Waals surface area contributed by atoms with Crippen LogP contribution in [0.2, 0.25) is 5.02 Å². The van der Waals surface area contributed by atoms with Crippen LogP contribution in [0.3, 0.4) is 0 Å². The highest BCUT2D eigenvalue weighted by Gasteiger charge is 2.23. The van der Waals surface area contributed by atoms with Crippen LogP contribution in [0.15, 0.2) is 42.7 Å². The molecule has 39 heavy (non-hydrogen) atoms. The second kappa shape index (κ2) is 11.3. The average Bonchev–Trinajstić information content (AvgIpc) is 3.40. The molecule has 8 nitrogen and oxygen atoms in total. The fourth-order valence-electron chi connectivity index (χ4n) is 4.25. The van der Waals surface area contributed by atoms with Crippen LogP contribution in [-0.2, 0) is 0 Å². The Balaban J connectivity index is 1.86. The van der Waals surface area contributed by atoms with Crippen molar-refractivity contribution in [3.8, 4) is 12.1 Å². The molecular formula is C29H30ClFN8. The summed E-state index contributed by atoms with van der Waals surface area (Å²) in [6, 6.07) is 12.6. The lowest BCUT2D eigenvalue weighted by molar-refractivity contribution is 0.351. The molecule has 0 saturated carbocycles. The number of benzene rings is 2. The van der Waals surface area contributed by atoms with Gasteiger partial charge in [0.1, 0.15) is 18.4 Å². The predicted molar refractivity (Wildman–Crippen MR) is 151 cm³/mol. The smallest absolute Gasteiger partial charge is 0.112 e. The maximum atomic E-state index is 13.4. The van der Waals surface area contributed by atoms with E-state index in [0.29, 0.717) is 50.7 Å². The van der Waals surface area contributed by atoms with Crippen molar-refractivity contribution in [1.82, 2.24) is 20.0 Å². The Morgan fingerprint density at radius 1 is 1.15 bits per heavy atom. The molecule has 4 rings (SSSR count). The monoisotopic (exact) mass is 544 g/mol. The lowest BCUT2D eigenvalue weighted by Gasteiger charge is -2.23. The molecule has 2 unspecified atom stereocenters. The molecule has 4 aromatic rings. The highest BCUT2D eigenvalue weighted by Crippen LogP contribution is 2.36. The Hall–Kier alpha value is -4.21. The van der Waals surface area contributed by atoms with E-state index in [1.165, 1.54) is 10.9 Å². The summed E-state index contributed by atoms with van der Waals surface area (Å²) in [7, 11) is 0. The number of nitriles is 2. The zero-order valence-electron chi connectivity index (χ0n) is 22.5. The van der Waals surface area contributed by atoms with Gasteiger partial charge in [0, 0.05) is 23.8 Å². The molecule has 2 atom stereocenters. The first-order valence-corrected chi connectivity index (χ1v) is 12.9. The normalized spacial score (nSPS) is 12.9. The van der Waals surface area contributed by atoms with Crippen molar-refractivity contribution in [3.05, 3.63) is 75.7 Å². The minimum atomic E-state index is -0.581. The number of aromatic nitrogens is 4. The molecule has 10 heteroatoms. The van der Waals surface area contributed by atoms with E-state index in [1.807, 2.05) is 25.1 Å². The van der Waals surface area contributed by atoms with Gasteiger partial charge in [-0.05, 0) is 48.6 Å². The quantitative estimate of drug-likeness (QED) is 0.253. The van der Waals surface area contributed by atoms with E-state index >= 15 is 0 Å². The SMILES string of the molecule is Cc1c(C#N)cccc1C(Nc1cc(Cl)c2ncc(C#N)c(NCC(C)(C)C)c2c1)c1cn(C(C)CF)nn1. The van der Waals surface area contributed by atoms with Crippen LogP contribution in [0, 0.1) is 35.0 Å². The van der Waals surface area contributed by atoms with Crippen molar-refractivity contribution < 1.29 is 4.39 Å². The summed E-state index contributed by atoms with van der Waals surface area (Å²) in [5.41, 5.74) is 4.97. The Morgan fingerprint density at radius 2 is 1.90 bits per heavy atom. The van der Waals surface area contributed by atoms with Crippen LogP contribution in [0.4, 0.5) is 15.8 Å². The van der Waals surface area contributed by atoms with Crippen LogP contribution in [0.1, 0.15) is 67.7 Å². The zero-order valence-corrected chi connectivity index (χ0v) is 23.3. The van der Waals surface area contributed by atoms with Crippen molar-refractivity contribution in [3.63, 3.8) is 0 Å². The minimum absolute atomic E-state index is 0.0288. The van der Waals surface area contributed by atoms with E-state index in [0.717, 1.165) is 11.1 Å². The van der Waals surface area contributed by atoms with Crippen LogP contribution >= 0.6 is 11.6 Å². The summed E-state index contributed by atoms with van der Waals surface area (Å²) in [4.78, 5) is 4.44. The molecule has 2 aromatic carbocycles. The second-order valence-corrected chi connectivity index (χ2v) is 11.2. The molecular weight excluding hydrogens is 515 g/mol. The van der Waals surface area contributed by atoms with Crippen molar-refractivity contribution in [2.75, 3.05) is 23.9 Å². The van der Waals surface area contributed by atoms with Crippen LogP contribution in [0.5, 0.6) is 0 Å². The van der Waals surface area contributed by atoms with Gasteiger partial charge >= 0.3 is 0 Å². The first-order chi connectivity index (χ1) is 18.6. The van der Waals surface area contributed by atoms with Gasteiger partial charge in [-0.25, -0.2) is 9.07 Å². The third-order valence-electron chi connectivity index (χ3n) is 6.46. The Bertz CT molecular complexity index is 1590.